The Morgan fingerprint density at radius 3 is 2.23 bits per heavy atom. The van der Waals surface area contributed by atoms with Crippen LogP contribution in [0.1, 0.15) is 37.0 Å². The lowest BCUT2D eigenvalue weighted by atomic mass is 10.0. The summed E-state index contributed by atoms with van der Waals surface area (Å²) >= 11 is 6.42. The van der Waals surface area contributed by atoms with Crippen LogP contribution in [-0.4, -0.2) is 50.9 Å². The van der Waals surface area contributed by atoms with Crippen LogP contribution in [0.15, 0.2) is 102 Å². The van der Waals surface area contributed by atoms with Crippen molar-refractivity contribution in [3.8, 4) is 5.75 Å². The highest BCUT2D eigenvalue weighted by molar-refractivity contribution is 7.92. The van der Waals surface area contributed by atoms with Crippen LogP contribution in [0.2, 0.25) is 5.02 Å². The van der Waals surface area contributed by atoms with Crippen LogP contribution in [-0.2, 0) is 32.6 Å². The van der Waals surface area contributed by atoms with Gasteiger partial charge in [0.1, 0.15) is 24.2 Å². The first-order chi connectivity index (χ1) is 22.4. The van der Waals surface area contributed by atoms with Crippen LogP contribution in [0.5, 0.6) is 5.75 Å². The Morgan fingerprint density at radius 1 is 0.957 bits per heavy atom. The number of rotatable bonds is 14. The van der Waals surface area contributed by atoms with E-state index in [-0.39, 0.29) is 40.2 Å². The summed E-state index contributed by atoms with van der Waals surface area (Å²) in [6.45, 7) is 4.63. The third-order valence-electron chi connectivity index (χ3n) is 7.88. The van der Waals surface area contributed by atoms with Crippen molar-refractivity contribution >= 4 is 39.1 Å². The number of hydrogen-bond donors (Lipinski definition) is 1. The van der Waals surface area contributed by atoms with Gasteiger partial charge < -0.3 is 15.0 Å². The fourth-order valence-electron chi connectivity index (χ4n) is 4.98. The molecule has 0 aromatic heterocycles. The number of aryl methyl sites for hydroxylation is 1. The van der Waals surface area contributed by atoms with Crippen LogP contribution in [0.3, 0.4) is 0 Å². The van der Waals surface area contributed by atoms with Crippen LogP contribution in [0.4, 0.5) is 10.1 Å². The van der Waals surface area contributed by atoms with Gasteiger partial charge in [0.2, 0.25) is 11.8 Å². The van der Waals surface area contributed by atoms with E-state index >= 15 is 4.39 Å². The Labute approximate surface area is 281 Å². The molecule has 0 unspecified atom stereocenters. The first kappa shape index (κ1) is 35.4. The SMILES string of the molecule is CC[C@H](C)NC(=O)[C@H](Cc1ccccc1)N(Cc1ccccc1F)C(=O)CN(c1ccc(OC)c(Cl)c1)S(=O)(=O)c1ccc(C)cc1. The molecule has 0 radical (unpaired) electrons. The summed E-state index contributed by atoms with van der Waals surface area (Å²) in [5, 5.41) is 3.10. The molecule has 0 saturated heterocycles. The molecule has 0 aliphatic heterocycles. The molecule has 4 aromatic rings. The smallest absolute Gasteiger partial charge is 0.264 e. The van der Waals surface area contributed by atoms with Gasteiger partial charge in [0, 0.05) is 24.6 Å². The summed E-state index contributed by atoms with van der Waals surface area (Å²) in [5.74, 6) is -1.39. The van der Waals surface area contributed by atoms with Gasteiger partial charge in [-0.05, 0) is 62.2 Å². The number of benzene rings is 4. The molecule has 11 heteroatoms. The molecule has 2 atom stereocenters. The Bertz CT molecular complexity index is 1790. The van der Waals surface area contributed by atoms with E-state index in [0.29, 0.717) is 12.2 Å². The zero-order valence-electron chi connectivity index (χ0n) is 26.8. The molecule has 0 bridgehead atoms. The number of nitrogens with one attached hydrogen (secondary N) is 1. The van der Waals surface area contributed by atoms with Gasteiger partial charge >= 0.3 is 0 Å². The summed E-state index contributed by atoms with van der Waals surface area (Å²) in [5.41, 5.74) is 1.91. The van der Waals surface area contributed by atoms with Gasteiger partial charge in [-0.2, -0.15) is 0 Å². The molecule has 4 aromatic carbocycles. The van der Waals surface area contributed by atoms with Crippen molar-refractivity contribution in [2.24, 2.45) is 0 Å². The van der Waals surface area contributed by atoms with Crippen LogP contribution in [0, 0.1) is 12.7 Å². The molecule has 0 aliphatic rings. The van der Waals surface area contributed by atoms with Gasteiger partial charge in [0.15, 0.2) is 0 Å². The molecular weight excluding hydrogens is 641 g/mol. The predicted molar refractivity (Wildman–Crippen MR) is 182 cm³/mol. The van der Waals surface area contributed by atoms with Crippen LogP contribution < -0.4 is 14.4 Å². The van der Waals surface area contributed by atoms with E-state index < -0.39 is 40.2 Å². The van der Waals surface area contributed by atoms with Gasteiger partial charge in [-0.3, -0.25) is 13.9 Å². The van der Waals surface area contributed by atoms with Gasteiger partial charge in [-0.1, -0.05) is 84.8 Å². The number of amides is 2. The van der Waals surface area contributed by atoms with Crippen molar-refractivity contribution in [1.29, 1.82) is 0 Å². The highest BCUT2D eigenvalue weighted by atomic mass is 35.5. The first-order valence-corrected chi connectivity index (χ1v) is 17.1. The van der Waals surface area contributed by atoms with Crippen LogP contribution in [0.25, 0.3) is 0 Å². The minimum absolute atomic E-state index is 0.0427. The summed E-state index contributed by atoms with van der Waals surface area (Å²) in [4.78, 5) is 29.6. The highest BCUT2D eigenvalue weighted by Gasteiger charge is 2.35. The second kappa shape index (κ2) is 15.9. The predicted octanol–water partition coefficient (Wildman–Crippen LogP) is 6.55. The molecule has 1 N–H and O–H groups in total. The minimum atomic E-state index is -4.33. The first-order valence-electron chi connectivity index (χ1n) is 15.2. The van der Waals surface area contributed by atoms with E-state index in [1.54, 1.807) is 18.2 Å². The number of halogens is 2. The van der Waals surface area contributed by atoms with E-state index in [2.05, 4.69) is 5.32 Å². The van der Waals surface area contributed by atoms with Crippen molar-refractivity contribution in [3.63, 3.8) is 0 Å². The lowest BCUT2D eigenvalue weighted by molar-refractivity contribution is -0.140. The maximum Gasteiger partial charge on any atom is 0.264 e. The molecular formula is C36H39ClFN3O5S. The summed E-state index contributed by atoms with van der Waals surface area (Å²) in [7, 11) is -2.90. The quantitative estimate of drug-likeness (QED) is 0.163. The largest absolute Gasteiger partial charge is 0.495 e. The molecule has 0 aliphatic carbocycles. The van der Waals surface area contributed by atoms with Crippen molar-refractivity contribution in [2.45, 2.75) is 57.1 Å². The molecule has 248 valence electrons. The molecule has 8 nitrogen and oxygen atoms in total. The molecule has 0 fully saturated rings. The average Bonchev–Trinajstić information content (AvgIpc) is 3.06. The number of nitrogens with zero attached hydrogens (tertiary/aromatic N) is 2. The average molecular weight is 680 g/mol. The number of methoxy groups -OCH3 is 1. The van der Waals surface area contributed by atoms with Crippen LogP contribution >= 0.6 is 11.6 Å². The standard InChI is InChI=1S/C36H39ClFN3O5S/c1-5-26(3)39-36(43)33(21-27-11-7-6-8-12-27)40(23-28-13-9-10-14-32(28)38)35(42)24-41(29-17-20-34(46-4)31(37)22-29)47(44,45)30-18-15-25(2)16-19-30/h6-20,22,26,33H,5,21,23-24H2,1-4H3,(H,39,43)/t26-,33-/m0/s1. The van der Waals surface area contributed by atoms with E-state index in [9.17, 15) is 18.0 Å². The lowest BCUT2D eigenvalue weighted by Crippen LogP contribution is -2.54. The monoisotopic (exact) mass is 679 g/mol. The lowest BCUT2D eigenvalue weighted by Gasteiger charge is -2.34. The van der Waals surface area contributed by atoms with Gasteiger partial charge in [-0.15, -0.1) is 0 Å². The molecule has 0 spiro atoms. The summed E-state index contributed by atoms with van der Waals surface area (Å²) < 4.78 is 49.7. The fourth-order valence-corrected chi connectivity index (χ4v) is 6.64. The highest BCUT2D eigenvalue weighted by Crippen LogP contribution is 2.32. The molecule has 4 rings (SSSR count). The molecule has 47 heavy (non-hydrogen) atoms. The van der Waals surface area contributed by atoms with E-state index in [1.165, 1.54) is 60.5 Å². The van der Waals surface area contributed by atoms with Crippen molar-refractivity contribution in [2.75, 3.05) is 18.0 Å². The van der Waals surface area contributed by atoms with Crippen molar-refractivity contribution < 1.29 is 27.1 Å². The van der Waals surface area contributed by atoms with E-state index in [4.69, 9.17) is 16.3 Å². The second-order valence-corrected chi connectivity index (χ2v) is 13.5. The third-order valence-corrected chi connectivity index (χ3v) is 9.97. The number of anilines is 1. The number of ether oxygens (including phenoxy) is 1. The molecule has 0 saturated carbocycles. The normalized spacial score (nSPS) is 12.6. The number of sulfonamides is 1. The van der Waals surface area contributed by atoms with Gasteiger partial charge in [0.05, 0.1) is 22.7 Å². The summed E-state index contributed by atoms with van der Waals surface area (Å²) in [6, 6.07) is 24.5. The van der Waals surface area contributed by atoms with Crippen molar-refractivity contribution in [3.05, 3.63) is 125 Å². The van der Waals surface area contributed by atoms with Crippen molar-refractivity contribution in [1.82, 2.24) is 10.2 Å². The molecule has 2 amide bonds. The summed E-state index contributed by atoms with van der Waals surface area (Å²) in [6.07, 6.45) is 0.758. The van der Waals surface area contributed by atoms with Gasteiger partial charge in [-0.25, -0.2) is 12.8 Å². The maximum atomic E-state index is 15.1. The number of hydrogen-bond acceptors (Lipinski definition) is 5. The molecule has 0 heterocycles. The number of carbonyl (C=O) groups excluding carboxylic acids is 2. The van der Waals surface area contributed by atoms with E-state index in [1.807, 2.05) is 51.1 Å². The third kappa shape index (κ3) is 8.90. The zero-order chi connectivity index (χ0) is 34.1. The maximum absolute atomic E-state index is 15.1. The minimum Gasteiger partial charge on any atom is -0.495 e. The topological polar surface area (TPSA) is 96.0 Å². The van der Waals surface area contributed by atoms with E-state index in [0.717, 1.165) is 15.4 Å². The zero-order valence-corrected chi connectivity index (χ0v) is 28.4. The Balaban J connectivity index is 1.84. The Morgan fingerprint density at radius 2 is 1.62 bits per heavy atom. The fraction of sp³-hybridized carbons (Fsp3) is 0.278. The Kier molecular flexibility index (Phi) is 12.0. The number of carbonyl (C=O) groups is 2. The van der Waals surface area contributed by atoms with Gasteiger partial charge in [0.25, 0.3) is 10.0 Å². The second-order valence-electron chi connectivity index (χ2n) is 11.3. The Hall–Kier alpha value is -4.41.